The number of hydrogen-bond donors (Lipinski definition) is 0. The minimum Gasteiger partial charge on any atom is -0.486 e. The molecule has 0 unspecified atom stereocenters. The van der Waals surface area contributed by atoms with Gasteiger partial charge >= 0.3 is 0 Å². The molecule has 2 aromatic carbocycles. The third-order valence-electron chi connectivity index (χ3n) is 6.58. The number of benzene rings is 2. The molecule has 4 aromatic heterocycles. The Morgan fingerprint density at radius 2 is 1.76 bits per heavy atom. The van der Waals surface area contributed by atoms with Crippen molar-refractivity contribution in [2.75, 3.05) is 0 Å². The molecule has 0 saturated carbocycles. The molecule has 0 bridgehead atoms. The van der Waals surface area contributed by atoms with Crippen LogP contribution in [0.4, 0.5) is 4.39 Å². The third kappa shape index (κ3) is 6.70. The van der Waals surface area contributed by atoms with Gasteiger partial charge in [-0.2, -0.15) is 0 Å². The molecule has 0 atom stereocenters. The summed E-state index contributed by atoms with van der Waals surface area (Å²) in [5, 5.41) is 3.12. The van der Waals surface area contributed by atoms with Crippen molar-refractivity contribution in [2.24, 2.45) is 0 Å². The standard InChI is InChI=1S/C19H14FN2O.C15H18NSi.Ir/c1-11(2)15-9-17(22-10-16(15)20)14-6-3-5-12-13-7-4-8-21-19(13)23-18(12)14;1-12-5-7-13(8-6-12)15-10-9-14(11-16-15)17(2,3)4;/h3-5,7-11H,1-2H3;5-7,9-11H,1-4H3;/q2*-1;/i11D;1D3;. The van der Waals surface area contributed by atoms with E-state index in [4.69, 9.17) is 9.90 Å². The average Bonchev–Trinajstić information content (AvgIpc) is 3.36. The van der Waals surface area contributed by atoms with Gasteiger partial charge in [0, 0.05) is 43.4 Å². The zero-order valence-corrected chi connectivity index (χ0v) is 26.9. The summed E-state index contributed by atoms with van der Waals surface area (Å²) >= 11 is 0. The summed E-state index contributed by atoms with van der Waals surface area (Å²) in [5.74, 6) is -1.55. The first-order valence-electron chi connectivity index (χ1n) is 15.0. The normalized spacial score (nSPS) is 13.3. The van der Waals surface area contributed by atoms with E-state index >= 15 is 0 Å². The van der Waals surface area contributed by atoms with Crippen molar-refractivity contribution in [1.82, 2.24) is 15.0 Å². The van der Waals surface area contributed by atoms with Gasteiger partial charge < -0.3 is 14.4 Å². The van der Waals surface area contributed by atoms with Crippen molar-refractivity contribution in [3.8, 4) is 22.5 Å². The molecule has 4 heterocycles. The Bertz CT molecular complexity index is 1880. The second-order valence-corrected chi connectivity index (χ2v) is 15.9. The minimum atomic E-state index is -2.08. The Kier molecular flexibility index (Phi) is 7.72. The van der Waals surface area contributed by atoms with Gasteiger partial charge in [0.1, 0.15) is 5.82 Å². The molecule has 0 amide bonds. The maximum atomic E-state index is 14.0. The smallest absolute Gasteiger partial charge is 0.216 e. The van der Waals surface area contributed by atoms with Crippen LogP contribution in [0.25, 0.3) is 44.6 Å². The number of nitrogens with zero attached hydrogens (tertiary/aromatic N) is 3. The Morgan fingerprint density at radius 3 is 2.41 bits per heavy atom. The van der Waals surface area contributed by atoms with Crippen LogP contribution in [0.3, 0.4) is 0 Å². The quantitative estimate of drug-likeness (QED) is 0.134. The summed E-state index contributed by atoms with van der Waals surface area (Å²) in [4.78, 5) is 12.9. The summed E-state index contributed by atoms with van der Waals surface area (Å²) in [6.45, 7) is 8.04. The molecule has 0 aliphatic heterocycles. The molecule has 211 valence electrons. The summed E-state index contributed by atoms with van der Waals surface area (Å²) < 4.78 is 50.1. The minimum absolute atomic E-state index is 0. The van der Waals surface area contributed by atoms with Gasteiger partial charge in [0.05, 0.1) is 19.9 Å². The zero-order chi connectivity index (χ0) is 31.9. The van der Waals surface area contributed by atoms with Gasteiger partial charge in [-0.15, -0.1) is 53.6 Å². The molecule has 0 aliphatic carbocycles. The van der Waals surface area contributed by atoms with E-state index in [2.05, 4.69) is 52.8 Å². The molecular weight excluding hydrogens is 706 g/mol. The van der Waals surface area contributed by atoms with Gasteiger partial charge in [-0.25, -0.2) is 9.37 Å². The number of pyridine rings is 3. The van der Waals surface area contributed by atoms with E-state index in [1.807, 2.05) is 30.5 Å². The predicted molar refractivity (Wildman–Crippen MR) is 164 cm³/mol. The Hall–Kier alpha value is -3.51. The van der Waals surface area contributed by atoms with Gasteiger partial charge in [0.25, 0.3) is 0 Å². The first-order valence-corrected chi connectivity index (χ1v) is 16.5. The molecule has 7 heteroatoms. The zero-order valence-electron chi connectivity index (χ0n) is 27.5. The van der Waals surface area contributed by atoms with Crippen LogP contribution < -0.4 is 5.19 Å². The van der Waals surface area contributed by atoms with E-state index in [0.29, 0.717) is 28.1 Å². The van der Waals surface area contributed by atoms with E-state index in [1.54, 1.807) is 44.3 Å². The van der Waals surface area contributed by atoms with Crippen LogP contribution in [0.15, 0.2) is 83.7 Å². The Balaban J connectivity index is 0.000000204. The molecular formula is C34H32FIrN3OSi-2. The van der Waals surface area contributed by atoms with Gasteiger partial charge in [0.2, 0.25) is 5.71 Å². The predicted octanol–water partition coefficient (Wildman–Crippen LogP) is 8.51. The van der Waals surface area contributed by atoms with Gasteiger partial charge in [-0.1, -0.05) is 69.5 Å². The van der Waals surface area contributed by atoms with E-state index in [0.717, 1.165) is 28.2 Å². The van der Waals surface area contributed by atoms with Crippen molar-refractivity contribution in [1.29, 1.82) is 0 Å². The second-order valence-electron chi connectivity index (χ2n) is 10.8. The molecule has 0 saturated heterocycles. The van der Waals surface area contributed by atoms with Crippen LogP contribution in [0, 0.1) is 24.8 Å². The van der Waals surface area contributed by atoms with Crippen LogP contribution in [0.2, 0.25) is 19.6 Å². The number of aryl methyl sites for hydroxylation is 1. The second kappa shape index (κ2) is 12.6. The summed E-state index contributed by atoms with van der Waals surface area (Å²) in [6, 6.07) is 24.2. The average molecular weight is 742 g/mol. The van der Waals surface area contributed by atoms with Crippen molar-refractivity contribution in [3.05, 3.63) is 108 Å². The number of halogens is 1. The number of fused-ring (bicyclic) bond motifs is 3. The third-order valence-corrected chi connectivity index (χ3v) is 8.61. The van der Waals surface area contributed by atoms with Gasteiger partial charge in [0.15, 0.2) is 0 Å². The topological polar surface area (TPSA) is 51.8 Å². The largest absolute Gasteiger partial charge is 0.486 e. The summed E-state index contributed by atoms with van der Waals surface area (Å²) in [7, 11) is -1.34. The van der Waals surface area contributed by atoms with Crippen LogP contribution in [0.1, 0.15) is 36.4 Å². The number of aromatic nitrogens is 3. The van der Waals surface area contributed by atoms with Crippen molar-refractivity contribution >= 4 is 35.3 Å². The fraction of sp³-hybridized carbons (Fsp3) is 0.206. The van der Waals surface area contributed by atoms with Crippen LogP contribution in [-0.2, 0) is 20.1 Å². The van der Waals surface area contributed by atoms with Crippen LogP contribution >= 0.6 is 0 Å². The fourth-order valence-corrected chi connectivity index (χ4v) is 5.34. The maximum Gasteiger partial charge on any atom is 0.216 e. The number of hydrogen-bond acceptors (Lipinski definition) is 4. The van der Waals surface area contributed by atoms with Crippen LogP contribution in [-0.4, -0.2) is 23.0 Å². The molecule has 0 aliphatic rings. The molecule has 1 radical (unpaired) electrons. The molecule has 6 aromatic rings. The van der Waals surface area contributed by atoms with E-state index in [9.17, 15) is 4.39 Å². The molecule has 41 heavy (non-hydrogen) atoms. The molecule has 0 fully saturated rings. The van der Waals surface area contributed by atoms with Crippen LogP contribution in [0.5, 0.6) is 0 Å². The van der Waals surface area contributed by atoms with Crippen molar-refractivity contribution < 1.29 is 34.4 Å². The van der Waals surface area contributed by atoms with E-state index < -0.39 is 26.6 Å². The van der Waals surface area contributed by atoms with E-state index in [-0.39, 0.29) is 25.7 Å². The first-order chi connectivity index (χ1) is 20.6. The summed E-state index contributed by atoms with van der Waals surface area (Å²) in [5.41, 5.74) is 4.54. The van der Waals surface area contributed by atoms with Gasteiger partial charge in [-0.3, -0.25) is 0 Å². The summed E-state index contributed by atoms with van der Waals surface area (Å²) in [6.07, 6.45) is 4.74. The molecule has 6 rings (SSSR count). The maximum absolute atomic E-state index is 14.0. The number of rotatable bonds is 4. The van der Waals surface area contributed by atoms with Crippen molar-refractivity contribution in [2.45, 2.75) is 46.2 Å². The first kappa shape index (κ1) is 25.2. The molecule has 4 nitrogen and oxygen atoms in total. The number of furan rings is 1. The van der Waals surface area contributed by atoms with Crippen molar-refractivity contribution in [3.63, 3.8) is 0 Å². The Labute approximate surface area is 261 Å². The SMILES string of the molecule is [2H]C(C)(C)c1cc(-c2[c-]ccc3c2oc2ncccc23)ncc1F.[2H]C([2H])([2H])c1c[c-]c(-c2ccc([Si](C)(C)C)cn2)cc1.[Ir]. The molecule has 0 spiro atoms. The molecule has 0 N–H and O–H groups in total. The monoisotopic (exact) mass is 742 g/mol. The van der Waals surface area contributed by atoms with E-state index in [1.165, 1.54) is 11.3 Å². The fourth-order valence-electron chi connectivity index (χ4n) is 4.31. The Morgan fingerprint density at radius 1 is 0.951 bits per heavy atom. The van der Waals surface area contributed by atoms with Gasteiger partial charge in [-0.05, 0) is 40.2 Å².